The summed E-state index contributed by atoms with van der Waals surface area (Å²) < 4.78 is 5.23. The van der Waals surface area contributed by atoms with Crippen molar-refractivity contribution in [2.45, 2.75) is 0 Å². The monoisotopic (exact) mass is 225 g/mol. The van der Waals surface area contributed by atoms with E-state index in [1.54, 1.807) is 0 Å². The highest BCUT2D eigenvalue weighted by Gasteiger charge is 2.09. The molecule has 1 aliphatic rings. The van der Waals surface area contributed by atoms with Crippen molar-refractivity contribution in [1.82, 2.24) is 15.5 Å². The lowest BCUT2D eigenvalue weighted by atomic mass is 10.4. The van der Waals surface area contributed by atoms with Crippen molar-refractivity contribution in [3.63, 3.8) is 0 Å². The number of hydrogen-bond acceptors (Lipinski definition) is 4. The van der Waals surface area contributed by atoms with Gasteiger partial charge in [0.25, 0.3) is 0 Å². The van der Waals surface area contributed by atoms with Crippen molar-refractivity contribution in [3.05, 3.63) is 0 Å². The van der Waals surface area contributed by atoms with E-state index in [0.717, 1.165) is 32.8 Å². The van der Waals surface area contributed by atoms with Gasteiger partial charge in [-0.05, 0) is 0 Å². The van der Waals surface area contributed by atoms with Gasteiger partial charge in [0.15, 0.2) is 0 Å². The maximum Gasteiger partial charge on any atom is 0.234 e. The van der Waals surface area contributed by atoms with Crippen LogP contribution in [0.3, 0.4) is 0 Å². The first kappa shape index (κ1) is 13.0. The SMILES string of the molecule is C#CCNCC(=O)NCCN1CCOCC1. The lowest BCUT2D eigenvalue weighted by molar-refractivity contribution is -0.120. The summed E-state index contributed by atoms with van der Waals surface area (Å²) in [6, 6.07) is 0. The lowest BCUT2D eigenvalue weighted by Crippen LogP contribution is -2.42. The van der Waals surface area contributed by atoms with Gasteiger partial charge in [-0.3, -0.25) is 15.0 Å². The topological polar surface area (TPSA) is 53.6 Å². The van der Waals surface area contributed by atoms with Gasteiger partial charge < -0.3 is 10.1 Å². The summed E-state index contributed by atoms with van der Waals surface area (Å²) in [6.45, 7) is 5.75. The smallest absolute Gasteiger partial charge is 0.234 e. The zero-order chi connectivity index (χ0) is 11.6. The van der Waals surface area contributed by atoms with E-state index in [1.165, 1.54) is 0 Å². The second-order valence-corrected chi connectivity index (χ2v) is 3.61. The standard InChI is InChI=1S/C11H19N3O2/c1-2-3-12-10-11(15)13-4-5-14-6-8-16-9-7-14/h1,12H,3-10H2,(H,13,15). The van der Waals surface area contributed by atoms with Crippen molar-refractivity contribution < 1.29 is 9.53 Å². The predicted octanol–water partition coefficient (Wildman–Crippen LogP) is -1.34. The van der Waals surface area contributed by atoms with Gasteiger partial charge in [0.1, 0.15) is 0 Å². The Hall–Kier alpha value is -1.09. The average Bonchev–Trinajstić information content (AvgIpc) is 2.31. The quantitative estimate of drug-likeness (QED) is 0.434. The Kier molecular flexibility index (Phi) is 6.58. The maximum atomic E-state index is 11.3. The number of carbonyl (C=O) groups excluding carboxylic acids is 1. The van der Waals surface area contributed by atoms with Crippen molar-refractivity contribution >= 4 is 5.91 Å². The van der Waals surface area contributed by atoms with E-state index in [0.29, 0.717) is 13.1 Å². The average molecular weight is 225 g/mol. The van der Waals surface area contributed by atoms with Gasteiger partial charge in [-0.1, -0.05) is 5.92 Å². The van der Waals surface area contributed by atoms with E-state index < -0.39 is 0 Å². The second kappa shape index (κ2) is 8.11. The number of nitrogens with one attached hydrogen (secondary N) is 2. The molecular weight excluding hydrogens is 206 g/mol. The van der Waals surface area contributed by atoms with Gasteiger partial charge in [-0.25, -0.2) is 0 Å². The Balaban J connectivity index is 1.97. The molecule has 0 aromatic carbocycles. The largest absolute Gasteiger partial charge is 0.379 e. The number of amides is 1. The van der Waals surface area contributed by atoms with Crippen LogP contribution in [0.1, 0.15) is 0 Å². The van der Waals surface area contributed by atoms with E-state index in [1.807, 2.05) is 0 Å². The summed E-state index contributed by atoms with van der Waals surface area (Å²) in [7, 11) is 0. The number of ether oxygens (including phenoxy) is 1. The fraction of sp³-hybridized carbons (Fsp3) is 0.727. The van der Waals surface area contributed by atoms with Crippen LogP contribution in [0, 0.1) is 12.3 Å². The molecule has 1 aliphatic heterocycles. The van der Waals surface area contributed by atoms with Crippen LogP contribution in [0.2, 0.25) is 0 Å². The molecule has 2 N–H and O–H groups in total. The predicted molar refractivity (Wildman–Crippen MR) is 62.0 cm³/mol. The molecule has 5 heteroatoms. The van der Waals surface area contributed by atoms with E-state index >= 15 is 0 Å². The molecule has 1 heterocycles. The number of terminal acetylenes is 1. The van der Waals surface area contributed by atoms with Crippen molar-refractivity contribution in [2.75, 3.05) is 52.5 Å². The van der Waals surface area contributed by atoms with Gasteiger partial charge in [0.2, 0.25) is 5.91 Å². The van der Waals surface area contributed by atoms with E-state index in [-0.39, 0.29) is 12.5 Å². The zero-order valence-electron chi connectivity index (χ0n) is 9.50. The highest BCUT2D eigenvalue weighted by molar-refractivity contribution is 5.77. The lowest BCUT2D eigenvalue weighted by Gasteiger charge is -2.26. The third-order valence-electron chi connectivity index (χ3n) is 2.37. The molecule has 90 valence electrons. The highest BCUT2D eigenvalue weighted by atomic mass is 16.5. The van der Waals surface area contributed by atoms with Crippen molar-refractivity contribution in [2.24, 2.45) is 0 Å². The third kappa shape index (κ3) is 5.71. The summed E-state index contributed by atoms with van der Waals surface area (Å²) in [5, 5.41) is 5.68. The van der Waals surface area contributed by atoms with Crippen LogP contribution in [0.5, 0.6) is 0 Å². The molecule has 1 amide bonds. The molecule has 5 nitrogen and oxygen atoms in total. The van der Waals surface area contributed by atoms with Crippen LogP contribution in [0.15, 0.2) is 0 Å². The summed E-state index contributed by atoms with van der Waals surface area (Å²) in [5.41, 5.74) is 0. The van der Waals surface area contributed by atoms with Crippen LogP contribution in [0.25, 0.3) is 0 Å². The Morgan fingerprint density at radius 2 is 2.19 bits per heavy atom. The van der Waals surface area contributed by atoms with E-state index in [4.69, 9.17) is 11.2 Å². The van der Waals surface area contributed by atoms with Gasteiger partial charge >= 0.3 is 0 Å². The first-order chi connectivity index (χ1) is 7.83. The number of morpholine rings is 1. The molecule has 0 unspecified atom stereocenters. The molecule has 0 spiro atoms. The molecule has 0 saturated carbocycles. The molecule has 0 radical (unpaired) electrons. The number of nitrogens with zero attached hydrogens (tertiary/aromatic N) is 1. The second-order valence-electron chi connectivity index (χ2n) is 3.61. The van der Waals surface area contributed by atoms with Crippen LogP contribution >= 0.6 is 0 Å². The summed E-state index contributed by atoms with van der Waals surface area (Å²) in [4.78, 5) is 13.6. The summed E-state index contributed by atoms with van der Waals surface area (Å²) in [6.07, 6.45) is 5.05. The molecular formula is C11H19N3O2. The van der Waals surface area contributed by atoms with Crippen LogP contribution < -0.4 is 10.6 Å². The van der Waals surface area contributed by atoms with Gasteiger partial charge in [0.05, 0.1) is 26.3 Å². The van der Waals surface area contributed by atoms with E-state index in [9.17, 15) is 4.79 Å². The Morgan fingerprint density at radius 3 is 2.88 bits per heavy atom. The first-order valence-electron chi connectivity index (χ1n) is 5.54. The fourth-order valence-corrected chi connectivity index (χ4v) is 1.49. The van der Waals surface area contributed by atoms with Crippen LogP contribution in [0.4, 0.5) is 0 Å². The number of carbonyl (C=O) groups is 1. The molecule has 0 bridgehead atoms. The molecule has 1 fully saturated rings. The Labute approximate surface area is 96.5 Å². The van der Waals surface area contributed by atoms with Gasteiger partial charge in [-0.15, -0.1) is 6.42 Å². The summed E-state index contributed by atoms with van der Waals surface area (Å²) >= 11 is 0. The Bertz CT molecular complexity index is 244. The normalized spacial score (nSPS) is 16.7. The maximum absolute atomic E-state index is 11.3. The molecule has 0 aromatic heterocycles. The molecule has 0 atom stereocenters. The van der Waals surface area contributed by atoms with E-state index in [2.05, 4.69) is 21.5 Å². The molecule has 1 saturated heterocycles. The minimum atomic E-state index is -0.0106. The van der Waals surface area contributed by atoms with Crippen LogP contribution in [-0.2, 0) is 9.53 Å². The molecule has 0 aliphatic carbocycles. The highest BCUT2D eigenvalue weighted by Crippen LogP contribution is 1.94. The molecule has 16 heavy (non-hydrogen) atoms. The minimum absolute atomic E-state index is 0.0106. The minimum Gasteiger partial charge on any atom is -0.379 e. The van der Waals surface area contributed by atoms with Gasteiger partial charge in [-0.2, -0.15) is 0 Å². The molecule has 1 rings (SSSR count). The Morgan fingerprint density at radius 1 is 1.44 bits per heavy atom. The fourth-order valence-electron chi connectivity index (χ4n) is 1.49. The third-order valence-corrected chi connectivity index (χ3v) is 2.37. The van der Waals surface area contributed by atoms with Crippen molar-refractivity contribution in [3.8, 4) is 12.3 Å². The molecule has 0 aromatic rings. The zero-order valence-corrected chi connectivity index (χ0v) is 9.50. The first-order valence-corrected chi connectivity index (χ1v) is 5.54. The van der Waals surface area contributed by atoms with Crippen molar-refractivity contribution in [1.29, 1.82) is 0 Å². The van der Waals surface area contributed by atoms with Crippen LogP contribution in [-0.4, -0.2) is 63.3 Å². The number of rotatable bonds is 6. The summed E-state index contributed by atoms with van der Waals surface area (Å²) in [5.74, 6) is 2.41. The van der Waals surface area contributed by atoms with Gasteiger partial charge in [0, 0.05) is 26.2 Å². The number of hydrogen-bond donors (Lipinski definition) is 2.